The Balaban J connectivity index is 1.91. The molecule has 0 saturated carbocycles. The van der Waals surface area contributed by atoms with Gasteiger partial charge < -0.3 is 19.8 Å². The van der Waals surface area contributed by atoms with Crippen molar-refractivity contribution in [3.63, 3.8) is 0 Å². The van der Waals surface area contributed by atoms with E-state index in [1.165, 1.54) is 0 Å². The zero-order valence-corrected chi connectivity index (χ0v) is 13.4. The molecular weight excluding hydrogens is 296 g/mol. The summed E-state index contributed by atoms with van der Waals surface area (Å²) in [6.07, 6.45) is 0. The van der Waals surface area contributed by atoms with Crippen molar-refractivity contribution in [1.82, 2.24) is 5.32 Å². The number of carbonyl (C=O) groups is 2. The Morgan fingerprint density at radius 2 is 1.87 bits per heavy atom. The van der Waals surface area contributed by atoms with Gasteiger partial charge in [-0.1, -0.05) is 0 Å². The Kier molecular flexibility index (Phi) is 5.41. The molecule has 1 unspecified atom stereocenters. The van der Waals surface area contributed by atoms with Crippen molar-refractivity contribution < 1.29 is 18.7 Å². The van der Waals surface area contributed by atoms with Crippen LogP contribution in [0, 0.1) is 6.92 Å². The van der Waals surface area contributed by atoms with E-state index in [2.05, 4.69) is 10.6 Å². The average Bonchev–Trinajstić information content (AvgIpc) is 2.95. The number of nitrogens with one attached hydrogen (secondary N) is 2. The lowest BCUT2D eigenvalue weighted by atomic mass is 10.2. The molecule has 2 amide bonds. The first-order chi connectivity index (χ1) is 11.0. The van der Waals surface area contributed by atoms with Crippen molar-refractivity contribution in [3.05, 3.63) is 53.5 Å². The molecule has 0 aliphatic carbocycles. The van der Waals surface area contributed by atoms with Gasteiger partial charge in [0.25, 0.3) is 0 Å². The molecular formula is C17H20N2O4. The van der Waals surface area contributed by atoms with Gasteiger partial charge in [0.1, 0.15) is 11.5 Å². The lowest BCUT2D eigenvalue weighted by Crippen LogP contribution is -2.30. The van der Waals surface area contributed by atoms with Crippen LogP contribution in [0.1, 0.15) is 41.8 Å². The minimum atomic E-state index is -0.384. The number of anilines is 1. The van der Waals surface area contributed by atoms with E-state index >= 15 is 0 Å². The van der Waals surface area contributed by atoms with E-state index < -0.39 is 0 Å². The smallest absolute Gasteiger partial charge is 0.338 e. The standard InChI is InChI=1S/C17H20N2O4/c1-4-22-16(20)13-6-8-14(9-7-13)19-17(21)18-12(3)15-10-5-11(2)23-15/h5-10,12H,4H2,1-3H3,(H2,18,19,21). The third-order valence-electron chi connectivity index (χ3n) is 3.19. The van der Waals surface area contributed by atoms with E-state index in [0.29, 0.717) is 23.6 Å². The zero-order chi connectivity index (χ0) is 16.8. The Morgan fingerprint density at radius 3 is 2.43 bits per heavy atom. The van der Waals surface area contributed by atoms with Crippen LogP contribution in [0.4, 0.5) is 10.5 Å². The van der Waals surface area contributed by atoms with Gasteiger partial charge in [0.15, 0.2) is 0 Å². The fraction of sp³-hybridized carbons (Fsp3) is 0.294. The van der Waals surface area contributed by atoms with Gasteiger partial charge in [0.2, 0.25) is 0 Å². The largest absolute Gasteiger partial charge is 0.464 e. The average molecular weight is 316 g/mol. The van der Waals surface area contributed by atoms with E-state index in [0.717, 1.165) is 5.76 Å². The van der Waals surface area contributed by atoms with Gasteiger partial charge in [-0.2, -0.15) is 0 Å². The summed E-state index contributed by atoms with van der Waals surface area (Å²) < 4.78 is 10.4. The van der Waals surface area contributed by atoms with Crippen LogP contribution in [0.2, 0.25) is 0 Å². The minimum Gasteiger partial charge on any atom is -0.464 e. The molecule has 1 aromatic carbocycles. The molecule has 0 fully saturated rings. The number of aryl methyl sites for hydroxylation is 1. The van der Waals surface area contributed by atoms with Crippen LogP contribution in [0.5, 0.6) is 0 Å². The normalized spacial score (nSPS) is 11.6. The molecule has 0 bridgehead atoms. The molecule has 1 aromatic heterocycles. The maximum Gasteiger partial charge on any atom is 0.338 e. The van der Waals surface area contributed by atoms with Crippen LogP contribution in [-0.2, 0) is 4.74 Å². The van der Waals surface area contributed by atoms with Crippen molar-refractivity contribution in [2.75, 3.05) is 11.9 Å². The second kappa shape index (κ2) is 7.49. The van der Waals surface area contributed by atoms with Gasteiger partial charge in [-0.15, -0.1) is 0 Å². The first kappa shape index (κ1) is 16.6. The lowest BCUT2D eigenvalue weighted by Gasteiger charge is -2.13. The third-order valence-corrected chi connectivity index (χ3v) is 3.19. The van der Waals surface area contributed by atoms with Crippen molar-refractivity contribution in [2.24, 2.45) is 0 Å². The maximum atomic E-state index is 12.0. The predicted octanol–water partition coefficient (Wildman–Crippen LogP) is 3.65. The topological polar surface area (TPSA) is 80.6 Å². The zero-order valence-electron chi connectivity index (χ0n) is 13.4. The monoisotopic (exact) mass is 316 g/mol. The summed E-state index contributed by atoms with van der Waals surface area (Å²) in [5, 5.41) is 5.48. The first-order valence-electron chi connectivity index (χ1n) is 7.40. The number of amides is 2. The van der Waals surface area contributed by atoms with Crippen LogP contribution in [-0.4, -0.2) is 18.6 Å². The van der Waals surface area contributed by atoms with Gasteiger partial charge >= 0.3 is 12.0 Å². The lowest BCUT2D eigenvalue weighted by molar-refractivity contribution is 0.0526. The number of hydrogen-bond acceptors (Lipinski definition) is 4. The second-order valence-corrected chi connectivity index (χ2v) is 5.07. The van der Waals surface area contributed by atoms with Gasteiger partial charge in [0, 0.05) is 5.69 Å². The molecule has 0 saturated heterocycles. The molecule has 2 aromatic rings. The summed E-state index contributed by atoms with van der Waals surface area (Å²) >= 11 is 0. The second-order valence-electron chi connectivity index (χ2n) is 5.07. The molecule has 6 heteroatoms. The number of rotatable bonds is 5. The highest BCUT2D eigenvalue weighted by Gasteiger charge is 2.13. The van der Waals surface area contributed by atoms with Crippen LogP contribution in [0.3, 0.4) is 0 Å². The number of carbonyl (C=O) groups excluding carboxylic acids is 2. The SMILES string of the molecule is CCOC(=O)c1ccc(NC(=O)NC(C)c2ccc(C)o2)cc1. The van der Waals surface area contributed by atoms with Crippen molar-refractivity contribution in [3.8, 4) is 0 Å². The number of urea groups is 1. The molecule has 0 spiro atoms. The Hall–Kier alpha value is -2.76. The van der Waals surface area contributed by atoms with Gasteiger partial charge in [-0.25, -0.2) is 9.59 Å². The number of hydrogen-bond donors (Lipinski definition) is 2. The van der Waals surface area contributed by atoms with E-state index in [4.69, 9.17) is 9.15 Å². The summed E-state index contributed by atoms with van der Waals surface area (Å²) in [5.74, 6) is 1.10. The van der Waals surface area contributed by atoms with Crippen LogP contribution in [0.25, 0.3) is 0 Å². The van der Waals surface area contributed by atoms with Crippen molar-refractivity contribution >= 4 is 17.7 Å². The molecule has 1 heterocycles. The fourth-order valence-electron chi connectivity index (χ4n) is 2.03. The molecule has 2 N–H and O–H groups in total. The van der Waals surface area contributed by atoms with Crippen LogP contribution < -0.4 is 10.6 Å². The molecule has 0 aliphatic rings. The van der Waals surface area contributed by atoms with Crippen molar-refractivity contribution in [1.29, 1.82) is 0 Å². The summed E-state index contributed by atoms with van der Waals surface area (Å²) in [7, 11) is 0. The molecule has 122 valence electrons. The third kappa shape index (κ3) is 4.60. The maximum absolute atomic E-state index is 12.0. The van der Waals surface area contributed by atoms with E-state index in [1.54, 1.807) is 31.2 Å². The molecule has 0 aliphatic heterocycles. The highest BCUT2D eigenvalue weighted by Crippen LogP contribution is 2.16. The molecule has 1 atom stereocenters. The molecule has 0 radical (unpaired) electrons. The Bertz CT molecular complexity index is 676. The summed E-state index contributed by atoms with van der Waals surface area (Å²) in [4.78, 5) is 23.5. The van der Waals surface area contributed by atoms with Gasteiger partial charge in [-0.05, 0) is 57.2 Å². The molecule has 6 nitrogen and oxygen atoms in total. The Morgan fingerprint density at radius 1 is 1.17 bits per heavy atom. The highest BCUT2D eigenvalue weighted by atomic mass is 16.5. The van der Waals surface area contributed by atoms with Crippen molar-refractivity contribution in [2.45, 2.75) is 26.8 Å². The van der Waals surface area contributed by atoms with E-state index in [1.807, 2.05) is 26.0 Å². The Labute approximate surface area is 134 Å². The minimum absolute atomic E-state index is 0.248. The number of furan rings is 1. The van der Waals surface area contributed by atoms with Crippen LogP contribution in [0.15, 0.2) is 40.8 Å². The quantitative estimate of drug-likeness (QED) is 0.825. The molecule has 2 rings (SSSR count). The van der Waals surface area contributed by atoms with E-state index in [9.17, 15) is 9.59 Å². The fourth-order valence-corrected chi connectivity index (χ4v) is 2.03. The summed E-state index contributed by atoms with van der Waals surface area (Å²) in [5.41, 5.74) is 1.02. The first-order valence-corrected chi connectivity index (χ1v) is 7.40. The predicted molar refractivity (Wildman–Crippen MR) is 86.4 cm³/mol. The number of ether oxygens (including phenoxy) is 1. The van der Waals surface area contributed by atoms with Gasteiger partial charge in [-0.3, -0.25) is 0 Å². The summed E-state index contributed by atoms with van der Waals surface area (Å²) in [6.45, 7) is 5.76. The van der Waals surface area contributed by atoms with E-state index in [-0.39, 0.29) is 18.0 Å². The summed E-state index contributed by atoms with van der Waals surface area (Å²) in [6, 6.07) is 9.58. The van der Waals surface area contributed by atoms with Gasteiger partial charge in [0.05, 0.1) is 18.2 Å². The highest BCUT2D eigenvalue weighted by molar-refractivity contribution is 5.92. The number of esters is 1. The molecule has 23 heavy (non-hydrogen) atoms. The number of benzene rings is 1. The van der Waals surface area contributed by atoms with Crippen LogP contribution >= 0.6 is 0 Å².